The minimum atomic E-state index is -0.344. The van der Waals surface area contributed by atoms with Crippen LogP contribution in [0.1, 0.15) is 40.5 Å². The van der Waals surface area contributed by atoms with Crippen LogP contribution in [0.4, 0.5) is 0 Å². The second kappa shape index (κ2) is 5.87. The topological polar surface area (TPSA) is 36.9 Å². The summed E-state index contributed by atoms with van der Waals surface area (Å²) in [6.07, 6.45) is 2.13. The van der Waals surface area contributed by atoms with Crippen LogP contribution in [0.2, 0.25) is 0 Å². The summed E-state index contributed by atoms with van der Waals surface area (Å²) in [5.41, 5.74) is 0.355. The first-order valence-electron chi connectivity index (χ1n) is 8.07. The lowest BCUT2D eigenvalue weighted by molar-refractivity contribution is 0.00578. The molecular weight excluding hydrogens is 279 g/mol. The van der Waals surface area contributed by atoms with E-state index in [1.54, 1.807) is 0 Å². The largest absolute Gasteiger partial charge is 0.494 e. The lowest BCUT2D eigenvalue weighted by atomic mass is 9.79. The van der Waals surface area contributed by atoms with Crippen LogP contribution < -0.4 is 10.2 Å². The molecule has 3 rings (SSSR count). The van der Waals surface area contributed by atoms with Gasteiger partial charge in [-0.3, -0.25) is 0 Å². The Kier molecular flexibility index (Phi) is 4.23. The van der Waals surface area contributed by atoms with Gasteiger partial charge in [0.2, 0.25) is 0 Å². The fraction of sp³-hybridized carbons (Fsp3) is 0.647. The van der Waals surface area contributed by atoms with Gasteiger partial charge in [-0.15, -0.1) is 0 Å². The van der Waals surface area contributed by atoms with Gasteiger partial charge in [-0.1, -0.05) is 12.1 Å². The molecule has 0 saturated carbocycles. The molecule has 0 unspecified atom stereocenters. The highest BCUT2D eigenvalue weighted by atomic mass is 16.7. The van der Waals surface area contributed by atoms with Crippen molar-refractivity contribution >= 4 is 12.6 Å². The molecule has 0 spiro atoms. The van der Waals surface area contributed by atoms with Gasteiger partial charge in [0.1, 0.15) is 11.9 Å². The summed E-state index contributed by atoms with van der Waals surface area (Å²) in [5, 5.41) is 0. The lowest BCUT2D eigenvalue weighted by Crippen LogP contribution is -2.41. The lowest BCUT2D eigenvalue weighted by Gasteiger charge is -2.32. The Hall–Kier alpha value is -1.04. The van der Waals surface area contributed by atoms with Crippen LogP contribution in [0, 0.1) is 0 Å². The van der Waals surface area contributed by atoms with Gasteiger partial charge in [0.15, 0.2) is 0 Å². The molecule has 0 aromatic heterocycles. The van der Waals surface area contributed by atoms with Crippen LogP contribution >= 0.6 is 0 Å². The van der Waals surface area contributed by atoms with Gasteiger partial charge in [0.05, 0.1) is 24.4 Å². The van der Waals surface area contributed by atoms with E-state index in [0.717, 1.165) is 37.3 Å². The zero-order valence-corrected chi connectivity index (χ0v) is 13.9. The zero-order chi connectivity index (χ0) is 15.8. The maximum Gasteiger partial charge on any atom is 0.494 e. The minimum Gasteiger partial charge on any atom is -0.490 e. The summed E-state index contributed by atoms with van der Waals surface area (Å²) in [4.78, 5) is 0. The van der Waals surface area contributed by atoms with Gasteiger partial charge in [-0.2, -0.15) is 0 Å². The summed E-state index contributed by atoms with van der Waals surface area (Å²) in [7, 11) is -0.344. The molecule has 2 aliphatic rings. The van der Waals surface area contributed by atoms with E-state index in [0.29, 0.717) is 0 Å². The number of hydrogen-bond donors (Lipinski definition) is 0. The molecule has 2 saturated heterocycles. The zero-order valence-electron chi connectivity index (χ0n) is 13.9. The quantitative estimate of drug-likeness (QED) is 0.804. The Morgan fingerprint density at radius 2 is 1.68 bits per heavy atom. The fourth-order valence-electron chi connectivity index (χ4n) is 2.70. The predicted octanol–water partition coefficient (Wildman–Crippen LogP) is 2.54. The Balaban J connectivity index is 1.72. The predicted molar refractivity (Wildman–Crippen MR) is 86.6 cm³/mol. The van der Waals surface area contributed by atoms with Crippen molar-refractivity contribution in [3.05, 3.63) is 24.3 Å². The normalized spacial score (nSPS) is 24.5. The number of hydrogen-bond acceptors (Lipinski definition) is 4. The third kappa shape index (κ3) is 3.17. The van der Waals surface area contributed by atoms with Gasteiger partial charge in [-0.25, -0.2) is 0 Å². The van der Waals surface area contributed by atoms with Gasteiger partial charge >= 0.3 is 7.12 Å². The molecule has 5 heteroatoms. The number of rotatable bonds is 3. The molecule has 22 heavy (non-hydrogen) atoms. The first kappa shape index (κ1) is 15.8. The van der Waals surface area contributed by atoms with Crippen molar-refractivity contribution in [3.8, 4) is 5.75 Å². The van der Waals surface area contributed by atoms with Crippen LogP contribution in [0.25, 0.3) is 0 Å². The fourth-order valence-corrected chi connectivity index (χ4v) is 2.70. The molecule has 0 aliphatic carbocycles. The standard InChI is InChI=1S/C17H25BO4/c1-16(2)17(3,4)22-18(21-16)13-6-5-7-15(12-13)20-14-8-10-19-11-9-14/h5-7,12,14H,8-11H2,1-4H3. The van der Waals surface area contributed by atoms with E-state index in [4.69, 9.17) is 18.8 Å². The number of benzene rings is 1. The first-order valence-corrected chi connectivity index (χ1v) is 8.07. The molecule has 120 valence electrons. The summed E-state index contributed by atoms with van der Waals surface area (Å²) >= 11 is 0. The molecule has 2 heterocycles. The summed E-state index contributed by atoms with van der Waals surface area (Å²) in [5.74, 6) is 0.874. The Bertz CT molecular complexity index is 507. The molecule has 1 aromatic carbocycles. The monoisotopic (exact) mass is 304 g/mol. The molecule has 2 fully saturated rings. The molecule has 0 bridgehead atoms. The molecule has 4 nitrogen and oxygen atoms in total. The van der Waals surface area contributed by atoms with Crippen molar-refractivity contribution in [1.82, 2.24) is 0 Å². The maximum absolute atomic E-state index is 6.10. The summed E-state index contributed by atoms with van der Waals surface area (Å²) in [6.45, 7) is 9.82. The van der Waals surface area contributed by atoms with Crippen LogP contribution in [-0.4, -0.2) is 37.6 Å². The van der Waals surface area contributed by atoms with Gasteiger partial charge in [-0.05, 0) is 45.3 Å². The molecule has 2 aliphatic heterocycles. The van der Waals surface area contributed by atoms with Crippen LogP contribution in [0.15, 0.2) is 24.3 Å². The van der Waals surface area contributed by atoms with E-state index in [1.807, 2.05) is 24.3 Å². The van der Waals surface area contributed by atoms with E-state index < -0.39 is 0 Å². The van der Waals surface area contributed by atoms with Crippen molar-refractivity contribution in [1.29, 1.82) is 0 Å². The van der Waals surface area contributed by atoms with Crippen molar-refractivity contribution in [2.75, 3.05) is 13.2 Å². The highest BCUT2D eigenvalue weighted by Crippen LogP contribution is 2.36. The SMILES string of the molecule is CC1(C)OB(c2cccc(OC3CCOCC3)c2)OC1(C)C. The van der Waals surface area contributed by atoms with Crippen molar-refractivity contribution in [3.63, 3.8) is 0 Å². The summed E-state index contributed by atoms with van der Waals surface area (Å²) in [6, 6.07) is 8.04. The molecular formula is C17H25BO4. The molecule has 0 atom stereocenters. The highest BCUT2D eigenvalue weighted by molar-refractivity contribution is 6.62. The van der Waals surface area contributed by atoms with E-state index in [9.17, 15) is 0 Å². The van der Waals surface area contributed by atoms with Crippen LogP contribution in [0.3, 0.4) is 0 Å². The molecule has 1 aromatic rings. The number of ether oxygens (including phenoxy) is 2. The van der Waals surface area contributed by atoms with E-state index in [2.05, 4.69) is 27.7 Å². The van der Waals surface area contributed by atoms with Gasteiger partial charge < -0.3 is 18.8 Å². The van der Waals surface area contributed by atoms with E-state index >= 15 is 0 Å². The van der Waals surface area contributed by atoms with Crippen molar-refractivity contribution in [2.24, 2.45) is 0 Å². The Labute approximate surface area is 133 Å². The second-order valence-electron chi connectivity index (χ2n) is 7.09. The van der Waals surface area contributed by atoms with Crippen molar-refractivity contribution in [2.45, 2.75) is 57.8 Å². The summed E-state index contributed by atoms with van der Waals surface area (Å²) < 4.78 is 23.6. The molecule has 0 amide bonds. The first-order chi connectivity index (χ1) is 10.4. The van der Waals surface area contributed by atoms with Crippen LogP contribution in [-0.2, 0) is 14.0 Å². The molecule has 0 radical (unpaired) electrons. The Morgan fingerprint density at radius 1 is 1.05 bits per heavy atom. The second-order valence-corrected chi connectivity index (χ2v) is 7.09. The van der Waals surface area contributed by atoms with Crippen LogP contribution in [0.5, 0.6) is 5.75 Å². The highest BCUT2D eigenvalue weighted by Gasteiger charge is 2.51. The molecule has 0 N–H and O–H groups in total. The average Bonchev–Trinajstić information content (AvgIpc) is 2.69. The third-order valence-corrected chi connectivity index (χ3v) is 4.85. The third-order valence-electron chi connectivity index (χ3n) is 4.85. The smallest absolute Gasteiger partial charge is 0.490 e. The van der Waals surface area contributed by atoms with Gasteiger partial charge in [0, 0.05) is 12.8 Å². The minimum absolute atomic E-state index is 0.238. The van der Waals surface area contributed by atoms with E-state index in [1.165, 1.54) is 0 Å². The van der Waals surface area contributed by atoms with E-state index in [-0.39, 0.29) is 24.4 Å². The van der Waals surface area contributed by atoms with Crippen molar-refractivity contribution < 1.29 is 18.8 Å². The van der Waals surface area contributed by atoms with Gasteiger partial charge in [0.25, 0.3) is 0 Å². The maximum atomic E-state index is 6.10. The average molecular weight is 304 g/mol. The Morgan fingerprint density at radius 3 is 2.32 bits per heavy atom.